The number of aromatic nitrogens is 3. The number of rotatable bonds is 3. The zero-order valence-corrected chi connectivity index (χ0v) is 9.59. The first-order valence-electron chi connectivity index (χ1n) is 5.15. The van der Waals surface area contributed by atoms with E-state index in [0.717, 1.165) is 0 Å². The van der Waals surface area contributed by atoms with Crippen LogP contribution < -0.4 is 10.5 Å². The van der Waals surface area contributed by atoms with Gasteiger partial charge in [-0.15, -0.1) is 5.10 Å². The first kappa shape index (κ1) is 11.5. The lowest BCUT2D eigenvalue weighted by Gasteiger charge is -2.07. The van der Waals surface area contributed by atoms with Crippen molar-refractivity contribution in [1.82, 2.24) is 14.8 Å². The molecule has 17 heavy (non-hydrogen) atoms. The summed E-state index contributed by atoms with van der Waals surface area (Å²) in [4.78, 5) is 3.85. The molecule has 0 radical (unpaired) electrons. The summed E-state index contributed by atoms with van der Waals surface area (Å²) in [6, 6.07) is 4.48. The summed E-state index contributed by atoms with van der Waals surface area (Å²) >= 11 is 0. The predicted octanol–water partition coefficient (Wildman–Crippen LogP) is 1.77. The molecule has 1 heterocycles. The molecule has 0 amide bonds. The number of ether oxygens (including phenoxy) is 1. The Balaban J connectivity index is 2.22. The highest BCUT2D eigenvalue weighted by atomic mass is 19.1. The van der Waals surface area contributed by atoms with Gasteiger partial charge in [0.2, 0.25) is 0 Å². The monoisotopic (exact) mass is 236 g/mol. The van der Waals surface area contributed by atoms with Gasteiger partial charge < -0.3 is 10.5 Å². The van der Waals surface area contributed by atoms with Gasteiger partial charge in [-0.25, -0.2) is 4.39 Å². The van der Waals surface area contributed by atoms with Crippen LogP contribution in [0.4, 0.5) is 4.39 Å². The van der Waals surface area contributed by atoms with Gasteiger partial charge in [0.05, 0.1) is 0 Å². The summed E-state index contributed by atoms with van der Waals surface area (Å²) in [7, 11) is 1.70. The van der Waals surface area contributed by atoms with E-state index in [0.29, 0.717) is 5.56 Å². The van der Waals surface area contributed by atoms with Crippen LogP contribution in [0.5, 0.6) is 11.8 Å². The zero-order valence-electron chi connectivity index (χ0n) is 9.59. The highest BCUT2D eigenvalue weighted by molar-refractivity contribution is 5.32. The van der Waals surface area contributed by atoms with Crippen molar-refractivity contribution in [1.29, 1.82) is 0 Å². The zero-order chi connectivity index (χ0) is 12.4. The Kier molecular flexibility index (Phi) is 3.06. The Morgan fingerprint density at radius 3 is 2.76 bits per heavy atom. The fraction of sp³-hybridized carbons (Fsp3) is 0.273. The third kappa shape index (κ3) is 2.59. The predicted molar refractivity (Wildman–Crippen MR) is 60.1 cm³/mol. The molecular weight excluding hydrogens is 223 g/mol. The summed E-state index contributed by atoms with van der Waals surface area (Å²) in [5.41, 5.74) is 6.36. The van der Waals surface area contributed by atoms with E-state index >= 15 is 0 Å². The van der Waals surface area contributed by atoms with Crippen LogP contribution in [0.3, 0.4) is 0 Å². The van der Waals surface area contributed by atoms with Crippen LogP contribution >= 0.6 is 0 Å². The normalized spacial score (nSPS) is 12.5. The topological polar surface area (TPSA) is 66.0 Å². The van der Waals surface area contributed by atoms with Gasteiger partial charge >= 0.3 is 6.01 Å². The van der Waals surface area contributed by atoms with Crippen LogP contribution in [0.25, 0.3) is 0 Å². The molecule has 0 saturated carbocycles. The van der Waals surface area contributed by atoms with Gasteiger partial charge in [-0.1, -0.05) is 6.07 Å². The average molecular weight is 236 g/mol. The molecule has 5 nitrogen and oxygen atoms in total. The fourth-order valence-electron chi connectivity index (χ4n) is 1.35. The molecule has 1 atom stereocenters. The minimum Gasteiger partial charge on any atom is -0.420 e. The maximum absolute atomic E-state index is 13.7. The number of halogens is 1. The summed E-state index contributed by atoms with van der Waals surface area (Å²) in [5, 5.41) is 3.90. The Bertz CT molecular complexity index is 524. The average Bonchev–Trinajstić information content (AvgIpc) is 2.67. The number of hydrogen-bond acceptors (Lipinski definition) is 4. The molecule has 0 aliphatic rings. The van der Waals surface area contributed by atoms with E-state index in [1.807, 2.05) is 0 Å². The molecule has 0 saturated heterocycles. The van der Waals surface area contributed by atoms with Crippen molar-refractivity contribution in [3.05, 3.63) is 35.9 Å². The van der Waals surface area contributed by atoms with E-state index in [4.69, 9.17) is 10.5 Å². The summed E-state index contributed by atoms with van der Waals surface area (Å²) in [5.74, 6) is -0.396. The van der Waals surface area contributed by atoms with E-state index in [1.165, 1.54) is 23.1 Å². The van der Waals surface area contributed by atoms with Gasteiger partial charge in [0, 0.05) is 13.1 Å². The molecule has 0 aliphatic heterocycles. The smallest absolute Gasteiger partial charge is 0.341 e. The second-order valence-electron chi connectivity index (χ2n) is 3.78. The summed E-state index contributed by atoms with van der Waals surface area (Å²) < 4.78 is 20.3. The number of nitrogens with two attached hydrogens (primary N) is 1. The Hall–Kier alpha value is -1.95. The molecule has 6 heteroatoms. The molecule has 1 aromatic heterocycles. The molecule has 1 aromatic carbocycles. The molecule has 0 aliphatic carbocycles. The largest absolute Gasteiger partial charge is 0.420 e. The highest BCUT2D eigenvalue weighted by Crippen LogP contribution is 2.24. The third-order valence-electron chi connectivity index (χ3n) is 2.26. The van der Waals surface area contributed by atoms with Crippen molar-refractivity contribution >= 4 is 0 Å². The SMILES string of the molecule is CC(N)c1ccc(Oc2ncn(C)n2)c(F)c1. The number of benzene rings is 1. The van der Waals surface area contributed by atoms with Crippen LogP contribution in [0.1, 0.15) is 18.5 Å². The Morgan fingerprint density at radius 2 is 2.24 bits per heavy atom. The highest BCUT2D eigenvalue weighted by Gasteiger charge is 2.10. The van der Waals surface area contributed by atoms with E-state index in [9.17, 15) is 4.39 Å². The van der Waals surface area contributed by atoms with E-state index in [-0.39, 0.29) is 17.8 Å². The van der Waals surface area contributed by atoms with E-state index in [2.05, 4.69) is 10.1 Å². The van der Waals surface area contributed by atoms with Gasteiger partial charge in [-0.2, -0.15) is 4.98 Å². The van der Waals surface area contributed by atoms with Crippen LogP contribution in [0.15, 0.2) is 24.5 Å². The van der Waals surface area contributed by atoms with Crippen molar-refractivity contribution in [2.45, 2.75) is 13.0 Å². The van der Waals surface area contributed by atoms with Crippen LogP contribution in [-0.2, 0) is 7.05 Å². The summed E-state index contributed by atoms with van der Waals surface area (Å²) in [6.45, 7) is 1.79. The first-order chi connectivity index (χ1) is 8.06. The quantitative estimate of drug-likeness (QED) is 0.881. The molecule has 0 spiro atoms. The maximum Gasteiger partial charge on any atom is 0.341 e. The van der Waals surface area contributed by atoms with Crippen LogP contribution in [0.2, 0.25) is 0 Å². The lowest BCUT2D eigenvalue weighted by atomic mass is 10.1. The lowest BCUT2D eigenvalue weighted by Crippen LogP contribution is -2.05. The standard InChI is InChI=1S/C11H13FN4O/c1-7(13)8-3-4-10(9(12)5-8)17-11-14-6-16(2)15-11/h3-7H,13H2,1-2H3. The maximum atomic E-state index is 13.7. The minimum atomic E-state index is -0.479. The molecule has 2 aromatic rings. The van der Waals surface area contributed by atoms with Gasteiger partial charge in [0.1, 0.15) is 6.33 Å². The number of aryl methyl sites for hydroxylation is 1. The number of hydrogen-bond donors (Lipinski definition) is 1. The molecule has 0 bridgehead atoms. The fourth-order valence-corrected chi connectivity index (χ4v) is 1.35. The molecule has 0 fully saturated rings. The summed E-state index contributed by atoms with van der Waals surface area (Å²) in [6.07, 6.45) is 1.48. The molecule has 1 unspecified atom stereocenters. The second-order valence-corrected chi connectivity index (χ2v) is 3.78. The molecular formula is C11H13FN4O. The van der Waals surface area contributed by atoms with Crippen LogP contribution in [0, 0.1) is 5.82 Å². The minimum absolute atomic E-state index is 0.0839. The van der Waals surface area contributed by atoms with Gasteiger partial charge in [-0.05, 0) is 24.6 Å². The van der Waals surface area contributed by atoms with Crippen LogP contribution in [-0.4, -0.2) is 14.8 Å². The van der Waals surface area contributed by atoms with E-state index in [1.54, 1.807) is 20.0 Å². The third-order valence-corrected chi connectivity index (χ3v) is 2.26. The van der Waals surface area contributed by atoms with Crippen molar-refractivity contribution in [3.63, 3.8) is 0 Å². The van der Waals surface area contributed by atoms with Crippen molar-refractivity contribution in [3.8, 4) is 11.8 Å². The molecule has 2 rings (SSSR count). The number of nitrogens with zero attached hydrogens (tertiary/aromatic N) is 3. The second kappa shape index (κ2) is 4.50. The molecule has 2 N–H and O–H groups in total. The Labute approximate surface area is 98.0 Å². The molecule has 90 valence electrons. The van der Waals surface area contributed by atoms with Crippen molar-refractivity contribution in [2.24, 2.45) is 12.8 Å². The van der Waals surface area contributed by atoms with Gasteiger partial charge in [0.15, 0.2) is 11.6 Å². The van der Waals surface area contributed by atoms with Gasteiger partial charge in [-0.3, -0.25) is 4.68 Å². The Morgan fingerprint density at radius 1 is 1.47 bits per heavy atom. The van der Waals surface area contributed by atoms with Crippen molar-refractivity contribution < 1.29 is 9.13 Å². The van der Waals surface area contributed by atoms with Gasteiger partial charge in [0.25, 0.3) is 0 Å². The lowest BCUT2D eigenvalue weighted by molar-refractivity contribution is 0.408. The van der Waals surface area contributed by atoms with Crippen molar-refractivity contribution in [2.75, 3.05) is 0 Å². The first-order valence-corrected chi connectivity index (χ1v) is 5.15. The van der Waals surface area contributed by atoms with E-state index < -0.39 is 5.82 Å².